The molecule has 3 rings (SSSR count). The highest BCUT2D eigenvalue weighted by Crippen LogP contribution is 2.15. The third kappa shape index (κ3) is 6.01. The van der Waals surface area contributed by atoms with Gasteiger partial charge in [-0.25, -0.2) is 8.78 Å². The van der Waals surface area contributed by atoms with Crippen LogP contribution in [0.5, 0.6) is 0 Å². The lowest BCUT2D eigenvalue weighted by Gasteiger charge is -2.30. The van der Waals surface area contributed by atoms with E-state index in [1.807, 2.05) is 13.8 Å². The predicted octanol–water partition coefficient (Wildman–Crippen LogP) is 4.64. The van der Waals surface area contributed by atoms with Gasteiger partial charge in [0.25, 0.3) is 5.91 Å². The summed E-state index contributed by atoms with van der Waals surface area (Å²) in [6, 6.07) is 14.4. The summed E-state index contributed by atoms with van der Waals surface area (Å²) in [5.41, 5.74) is 1.06. The molecule has 0 aliphatic carbocycles. The summed E-state index contributed by atoms with van der Waals surface area (Å²) in [4.78, 5) is 29.1. The van der Waals surface area contributed by atoms with Gasteiger partial charge in [0.15, 0.2) is 0 Å². The van der Waals surface area contributed by atoms with Crippen LogP contribution in [0.4, 0.5) is 8.78 Å². The molecular weight excluding hydrogens is 402 g/mol. The third-order valence-electron chi connectivity index (χ3n) is 4.85. The van der Waals surface area contributed by atoms with Gasteiger partial charge in [0.05, 0.1) is 12.8 Å². The van der Waals surface area contributed by atoms with Crippen LogP contribution in [0.3, 0.4) is 0 Å². The molecule has 0 unspecified atom stereocenters. The van der Waals surface area contributed by atoms with Gasteiger partial charge in [-0.05, 0) is 67.9 Å². The van der Waals surface area contributed by atoms with Gasteiger partial charge >= 0.3 is 0 Å². The number of nitrogens with zero attached hydrogens (tertiary/aromatic N) is 2. The number of hydrogen-bond donors (Lipinski definition) is 0. The highest BCUT2D eigenvalue weighted by molar-refractivity contribution is 5.96. The Morgan fingerprint density at radius 3 is 2.06 bits per heavy atom. The average Bonchev–Trinajstić information content (AvgIpc) is 3.26. The number of hydrogen-bond acceptors (Lipinski definition) is 3. The lowest BCUT2D eigenvalue weighted by Crippen LogP contribution is -2.45. The predicted molar refractivity (Wildman–Crippen MR) is 112 cm³/mol. The fourth-order valence-corrected chi connectivity index (χ4v) is 3.13. The van der Waals surface area contributed by atoms with Crippen LogP contribution in [0.2, 0.25) is 0 Å². The summed E-state index contributed by atoms with van der Waals surface area (Å²) in [6.07, 6.45) is 1.52. The molecule has 0 N–H and O–H groups in total. The number of rotatable bonds is 8. The molecule has 0 saturated heterocycles. The van der Waals surface area contributed by atoms with Crippen molar-refractivity contribution in [3.8, 4) is 0 Å². The fraction of sp³-hybridized carbons (Fsp3) is 0.250. The number of carbonyl (C=O) groups excluding carboxylic acids is 2. The van der Waals surface area contributed by atoms with Crippen molar-refractivity contribution in [3.05, 3.63) is 95.4 Å². The van der Waals surface area contributed by atoms with E-state index in [4.69, 9.17) is 4.42 Å². The van der Waals surface area contributed by atoms with Gasteiger partial charge in [-0.2, -0.15) is 0 Å². The standard InChI is InChI=1S/C24H24F2N2O3/c1-17(2)28(24(30)19-7-11-21(26)12-8-19)16-23(29)27(15-22-4-3-13-31-22)14-18-5-9-20(25)10-6-18/h3-13,17H,14-16H2,1-2H3. The molecular formula is C24H24F2N2O3. The van der Waals surface area contributed by atoms with Crippen LogP contribution >= 0.6 is 0 Å². The van der Waals surface area contributed by atoms with E-state index >= 15 is 0 Å². The van der Waals surface area contributed by atoms with Crippen molar-refractivity contribution in [2.75, 3.05) is 6.54 Å². The molecule has 0 radical (unpaired) electrons. The largest absolute Gasteiger partial charge is 0.467 e. The van der Waals surface area contributed by atoms with Gasteiger partial charge < -0.3 is 14.2 Å². The minimum absolute atomic E-state index is 0.157. The molecule has 7 heteroatoms. The second kappa shape index (κ2) is 10.0. The van der Waals surface area contributed by atoms with Crippen LogP contribution in [0.25, 0.3) is 0 Å². The van der Waals surface area contributed by atoms with Gasteiger partial charge in [-0.15, -0.1) is 0 Å². The van der Waals surface area contributed by atoms with E-state index < -0.39 is 5.82 Å². The lowest BCUT2D eigenvalue weighted by molar-refractivity contribution is -0.133. The molecule has 3 aromatic rings. The Balaban J connectivity index is 1.79. The monoisotopic (exact) mass is 426 g/mol. The zero-order chi connectivity index (χ0) is 22.4. The maximum Gasteiger partial charge on any atom is 0.254 e. The topological polar surface area (TPSA) is 53.8 Å². The van der Waals surface area contributed by atoms with E-state index in [0.29, 0.717) is 11.3 Å². The van der Waals surface area contributed by atoms with Gasteiger partial charge in [-0.1, -0.05) is 12.1 Å². The molecule has 1 heterocycles. The molecule has 0 aliphatic rings. The molecule has 2 amide bonds. The normalized spacial score (nSPS) is 10.9. The maximum absolute atomic E-state index is 13.3. The second-order valence-electron chi connectivity index (χ2n) is 7.49. The Hall–Kier alpha value is -3.48. The highest BCUT2D eigenvalue weighted by atomic mass is 19.1. The minimum atomic E-state index is -0.437. The average molecular weight is 426 g/mol. The molecule has 0 bridgehead atoms. The minimum Gasteiger partial charge on any atom is -0.467 e. The molecule has 162 valence electrons. The van der Waals surface area contributed by atoms with E-state index in [2.05, 4.69) is 0 Å². The summed E-state index contributed by atoms with van der Waals surface area (Å²) in [6.45, 7) is 3.91. The first-order valence-electron chi connectivity index (χ1n) is 9.94. The Labute approximate surface area is 179 Å². The van der Waals surface area contributed by atoms with Crippen LogP contribution < -0.4 is 0 Å². The first-order chi connectivity index (χ1) is 14.8. The first kappa shape index (κ1) is 22.2. The van der Waals surface area contributed by atoms with Crippen molar-refractivity contribution in [2.45, 2.75) is 33.0 Å². The van der Waals surface area contributed by atoms with Gasteiger partial charge in [0.1, 0.15) is 23.9 Å². The fourth-order valence-electron chi connectivity index (χ4n) is 3.13. The van der Waals surface area contributed by atoms with E-state index in [9.17, 15) is 18.4 Å². The van der Waals surface area contributed by atoms with E-state index in [1.165, 1.54) is 47.6 Å². The molecule has 0 atom stereocenters. The summed E-state index contributed by atoms with van der Waals surface area (Å²) in [7, 11) is 0. The Morgan fingerprint density at radius 2 is 1.52 bits per heavy atom. The second-order valence-corrected chi connectivity index (χ2v) is 7.49. The molecule has 31 heavy (non-hydrogen) atoms. The summed E-state index contributed by atoms with van der Waals surface area (Å²) in [5, 5.41) is 0. The summed E-state index contributed by atoms with van der Waals surface area (Å²) >= 11 is 0. The molecule has 1 aromatic heterocycles. The number of halogens is 2. The SMILES string of the molecule is CC(C)N(CC(=O)N(Cc1ccc(F)cc1)Cc1ccco1)C(=O)c1ccc(F)cc1. The number of benzene rings is 2. The number of amides is 2. The van der Waals surface area contributed by atoms with Crippen molar-refractivity contribution in [2.24, 2.45) is 0 Å². The first-order valence-corrected chi connectivity index (χ1v) is 9.94. The molecule has 0 aliphatic heterocycles. The van der Waals surface area contributed by atoms with Crippen molar-refractivity contribution < 1.29 is 22.8 Å². The highest BCUT2D eigenvalue weighted by Gasteiger charge is 2.25. The van der Waals surface area contributed by atoms with E-state index in [1.54, 1.807) is 29.2 Å². The van der Waals surface area contributed by atoms with Crippen LogP contribution in [0, 0.1) is 11.6 Å². The van der Waals surface area contributed by atoms with Crippen molar-refractivity contribution in [1.29, 1.82) is 0 Å². The van der Waals surface area contributed by atoms with Gasteiger partial charge in [-0.3, -0.25) is 9.59 Å². The maximum atomic E-state index is 13.3. The van der Waals surface area contributed by atoms with E-state index in [-0.39, 0.29) is 43.3 Å². The van der Waals surface area contributed by atoms with Gasteiger partial charge in [0, 0.05) is 18.2 Å². The van der Waals surface area contributed by atoms with Crippen molar-refractivity contribution >= 4 is 11.8 Å². The van der Waals surface area contributed by atoms with E-state index in [0.717, 1.165) is 5.56 Å². The third-order valence-corrected chi connectivity index (χ3v) is 4.85. The zero-order valence-corrected chi connectivity index (χ0v) is 17.4. The van der Waals surface area contributed by atoms with Crippen LogP contribution in [0.1, 0.15) is 35.5 Å². The van der Waals surface area contributed by atoms with Crippen LogP contribution in [-0.4, -0.2) is 34.2 Å². The lowest BCUT2D eigenvalue weighted by atomic mass is 10.1. The van der Waals surface area contributed by atoms with Crippen LogP contribution in [-0.2, 0) is 17.9 Å². The smallest absolute Gasteiger partial charge is 0.254 e. The van der Waals surface area contributed by atoms with Gasteiger partial charge in [0.2, 0.25) is 5.91 Å². The summed E-state index contributed by atoms with van der Waals surface area (Å²) in [5.74, 6) is -0.847. The zero-order valence-electron chi connectivity index (χ0n) is 17.4. The number of furan rings is 1. The van der Waals surface area contributed by atoms with Crippen molar-refractivity contribution in [1.82, 2.24) is 9.80 Å². The quantitative estimate of drug-likeness (QED) is 0.527. The molecule has 0 saturated carbocycles. The Kier molecular flexibility index (Phi) is 7.18. The number of carbonyl (C=O) groups is 2. The van der Waals surface area contributed by atoms with Crippen molar-refractivity contribution in [3.63, 3.8) is 0 Å². The summed E-state index contributed by atoms with van der Waals surface area (Å²) < 4.78 is 31.9. The Morgan fingerprint density at radius 1 is 0.903 bits per heavy atom. The molecule has 2 aromatic carbocycles. The molecule has 0 fully saturated rings. The Bertz CT molecular complexity index is 1000. The molecule has 5 nitrogen and oxygen atoms in total. The molecule has 0 spiro atoms. The van der Waals surface area contributed by atoms with Crippen LogP contribution in [0.15, 0.2) is 71.3 Å².